The minimum Gasteiger partial charge on any atom is -0.483 e. The molecule has 1 aliphatic rings. The van der Waals surface area contributed by atoms with Crippen LogP contribution in [-0.2, 0) is 14.8 Å². The van der Waals surface area contributed by atoms with Gasteiger partial charge >= 0.3 is 5.69 Å². The van der Waals surface area contributed by atoms with Crippen molar-refractivity contribution in [3.63, 3.8) is 0 Å². The molecule has 2 aromatic carbocycles. The summed E-state index contributed by atoms with van der Waals surface area (Å²) in [6.07, 6.45) is 0.416. The van der Waals surface area contributed by atoms with Crippen molar-refractivity contribution in [1.82, 2.24) is 9.37 Å². The standard InChI is InChI=1S/C20H22ClN3O7S/c21-16-6-7-20(18(12-16)24(27)28)31-17-8-10-22(11-9-17)32(29,30)13-19(23(26)14-25)15-4-2-1-3-5-15/h1-7,12,14,17,19,26H,8-11,13H2. The monoisotopic (exact) mass is 483 g/mol. The van der Waals surface area contributed by atoms with E-state index >= 15 is 0 Å². The molecule has 10 nitrogen and oxygen atoms in total. The molecule has 3 rings (SSSR count). The van der Waals surface area contributed by atoms with E-state index in [1.165, 1.54) is 22.5 Å². The summed E-state index contributed by atoms with van der Waals surface area (Å²) in [6, 6.07) is 11.4. The average Bonchev–Trinajstić information content (AvgIpc) is 2.79. The summed E-state index contributed by atoms with van der Waals surface area (Å²) in [5, 5.41) is 21.7. The van der Waals surface area contributed by atoms with Gasteiger partial charge in [-0.15, -0.1) is 0 Å². The number of nitro benzene ring substituents is 1. The second-order valence-electron chi connectivity index (χ2n) is 7.28. The van der Waals surface area contributed by atoms with Gasteiger partial charge < -0.3 is 4.74 Å². The van der Waals surface area contributed by atoms with Crippen LogP contribution in [-0.4, -0.2) is 59.3 Å². The lowest BCUT2D eigenvalue weighted by Crippen LogP contribution is -2.44. The van der Waals surface area contributed by atoms with Crippen LogP contribution in [0.5, 0.6) is 5.75 Å². The second-order valence-corrected chi connectivity index (χ2v) is 9.73. The Morgan fingerprint density at radius 2 is 1.91 bits per heavy atom. The second kappa shape index (κ2) is 10.3. The lowest BCUT2D eigenvalue weighted by atomic mass is 10.1. The normalized spacial score (nSPS) is 16.3. The van der Waals surface area contributed by atoms with Crippen molar-refractivity contribution in [2.24, 2.45) is 0 Å². The molecule has 2 aromatic rings. The number of hydrogen-bond acceptors (Lipinski definition) is 7. The van der Waals surface area contributed by atoms with Crippen molar-refractivity contribution in [2.45, 2.75) is 25.0 Å². The largest absolute Gasteiger partial charge is 0.483 e. The number of ether oxygens (including phenoxy) is 1. The molecule has 1 amide bonds. The van der Waals surface area contributed by atoms with E-state index in [0.29, 0.717) is 23.5 Å². The van der Waals surface area contributed by atoms with Crippen molar-refractivity contribution in [2.75, 3.05) is 18.8 Å². The number of rotatable bonds is 9. The highest BCUT2D eigenvalue weighted by atomic mass is 35.5. The Hall–Kier alpha value is -2.73. The third-order valence-corrected chi connectivity index (χ3v) is 7.31. The Morgan fingerprint density at radius 3 is 2.50 bits per heavy atom. The molecule has 0 saturated carbocycles. The average molecular weight is 484 g/mol. The molecule has 0 bridgehead atoms. The van der Waals surface area contributed by atoms with E-state index < -0.39 is 32.8 Å². The third-order valence-electron chi connectivity index (χ3n) is 5.19. The molecule has 1 fully saturated rings. The number of amides is 1. The number of hydrogen-bond donors (Lipinski definition) is 1. The number of nitrogens with zero attached hydrogens (tertiary/aromatic N) is 3. The number of benzene rings is 2. The number of sulfonamides is 1. The Kier molecular flexibility index (Phi) is 7.67. The topological polar surface area (TPSA) is 130 Å². The molecule has 1 N–H and O–H groups in total. The van der Waals surface area contributed by atoms with E-state index in [2.05, 4.69) is 0 Å². The Labute approximate surface area is 190 Å². The maximum atomic E-state index is 13.0. The number of piperidine rings is 1. The van der Waals surface area contributed by atoms with E-state index in [9.17, 15) is 28.5 Å². The van der Waals surface area contributed by atoms with Gasteiger partial charge in [0, 0.05) is 24.2 Å². The van der Waals surface area contributed by atoms with Crippen LogP contribution in [0.1, 0.15) is 24.4 Å². The highest BCUT2D eigenvalue weighted by Gasteiger charge is 2.33. The van der Waals surface area contributed by atoms with E-state index in [0.717, 1.165) is 0 Å². The number of hydroxylamine groups is 2. The van der Waals surface area contributed by atoms with Crippen LogP contribution in [0.4, 0.5) is 5.69 Å². The van der Waals surface area contributed by atoms with E-state index in [1.54, 1.807) is 30.3 Å². The highest BCUT2D eigenvalue weighted by Crippen LogP contribution is 2.32. The molecule has 1 heterocycles. The molecule has 1 aliphatic heterocycles. The molecule has 1 unspecified atom stereocenters. The van der Waals surface area contributed by atoms with Gasteiger partial charge in [0.2, 0.25) is 16.4 Å². The van der Waals surface area contributed by atoms with Crippen LogP contribution < -0.4 is 4.74 Å². The summed E-state index contributed by atoms with van der Waals surface area (Å²) in [5.74, 6) is -0.410. The summed E-state index contributed by atoms with van der Waals surface area (Å²) in [7, 11) is -3.82. The fourth-order valence-electron chi connectivity index (χ4n) is 3.52. The minimum atomic E-state index is -3.82. The molecule has 0 spiro atoms. The molecule has 1 atom stereocenters. The Balaban J connectivity index is 1.66. The summed E-state index contributed by atoms with van der Waals surface area (Å²) >= 11 is 5.82. The lowest BCUT2D eigenvalue weighted by molar-refractivity contribution is -0.386. The predicted octanol–water partition coefficient (Wildman–Crippen LogP) is 3.01. The van der Waals surface area contributed by atoms with Crippen molar-refractivity contribution < 1.29 is 28.1 Å². The number of carbonyl (C=O) groups excluding carboxylic acids is 1. The maximum Gasteiger partial charge on any atom is 0.312 e. The maximum absolute atomic E-state index is 13.0. The van der Waals surface area contributed by atoms with Gasteiger partial charge in [-0.05, 0) is 30.5 Å². The highest BCUT2D eigenvalue weighted by molar-refractivity contribution is 7.89. The van der Waals surface area contributed by atoms with Crippen LogP contribution in [0, 0.1) is 10.1 Å². The van der Waals surface area contributed by atoms with Gasteiger partial charge in [-0.1, -0.05) is 41.9 Å². The smallest absolute Gasteiger partial charge is 0.312 e. The quantitative estimate of drug-likeness (QED) is 0.251. The van der Waals surface area contributed by atoms with Gasteiger partial charge in [-0.3, -0.25) is 20.1 Å². The van der Waals surface area contributed by atoms with Crippen molar-refractivity contribution in [1.29, 1.82) is 0 Å². The molecule has 0 aliphatic carbocycles. The lowest BCUT2D eigenvalue weighted by Gasteiger charge is -2.33. The third kappa shape index (κ3) is 5.74. The predicted molar refractivity (Wildman–Crippen MR) is 116 cm³/mol. The van der Waals surface area contributed by atoms with Gasteiger partial charge in [0.1, 0.15) is 6.10 Å². The molecule has 0 radical (unpaired) electrons. The van der Waals surface area contributed by atoms with Gasteiger partial charge in [0.15, 0.2) is 5.75 Å². The first-order valence-electron chi connectivity index (χ1n) is 9.77. The Morgan fingerprint density at radius 1 is 1.25 bits per heavy atom. The van der Waals surface area contributed by atoms with Crippen LogP contribution in [0.3, 0.4) is 0 Å². The van der Waals surface area contributed by atoms with Gasteiger partial charge in [0.25, 0.3) is 0 Å². The van der Waals surface area contributed by atoms with Gasteiger partial charge in [0.05, 0.1) is 16.7 Å². The Bertz CT molecular complexity index is 1060. The van der Waals surface area contributed by atoms with E-state index in [-0.39, 0.29) is 36.0 Å². The summed E-state index contributed by atoms with van der Waals surface area (Å²) < 4.78 is 33.0. The molecular weight excluding hydrogens is 462 g/mol. The molecule has 0 aromatic heterocycles. The number of halogens is 1. The molecule has 12 heteroatoms. The van der Waals surface area contributed by atoms with Crippen molar-refractivity contribution >= 4 is 33.7 Å². The van der Waals surface area contributed by atoms with Crippen LogP contribution in [0.15, 0.2) is 48.5 Å². The summed E-state index contributed by atoms with van der Waals surface area (Å²) in [6.45, 7) is 0.283. The molecule has 172 valence electrons. The zero-order valence-corrected chi connectivity index (χ0v) is 18.5. The SMILES string of the molecule is O=CN(O)C(CS(=O)(=O)N1CCC(Oc2ccc(Cl)cc2[N+](=O)[O-])CC1)c1ccccc1. The van der Waals surface area contributed by atoms with E-state index in [4.69, 9.17) is 16.3 Å². The first kappa shape index (κ1) is 23.9. The minimum absolute atomic E-state index is 0.0757. The summed E-state index contributed by atoms with van der Waals surface area (Å²) in [4.78, 5) is 21.7. The zero-order chi connectivity index (χ0) is 23.3. The fourth-order valence-corrected chi connectivity index (χ4v) is 5.41. The molecule has 1 saturated heterocycles. The fraction of sp³-hybridized carbons (Fsp3) is 0.350. The van der Waals surface area contributed by atoms with Gasteiger partial charge in [-0.25, -0.2) is 17.8 Å². The van der Waals surface area contributed by atoms with Crippen LogP contribution in [0.25, 0.3) is 0 Å². The molecular formula is C20H22ClN3O7S. The van der Waals surface area contributed by atoms with E-state index in [1.807, 2.05) is 0 Å². The van der Waals surface area contributed by atoms with Crippen molar-refractivity contribution in [3.05, 3.63) is 69.2 Å². The summed E-state index contributed by atoms with van der Waals surface area (Å²) in [5.41, 5.74) is 0.231. The van der Waals surface area contributed by atoms with Crippen LogP contribution in [0.2, 0.25) is 5.02 Å². The first-order chi connectivity index (χ1) is 15.2. The molecule has 32 heavy (non-hydrogen) atoms. The number of carbonyl (C=O) groups is 1. The first-order valence-corrected chi connectivity index (χ1v) is 11.8. The zero-order valence-electron chi connectivity index (χ0n) is 16.9. The number of nitro groups is 1. The van der Waals surface area contributed by atoms with Crippen LogP contribution >= 0.6 is 11.6 Å². The van der Waals surface area contributed by atoms with Crippen molar-refractivity contribution in [3.8, 4) is 5.75 Å². The van der Waals surface area contributed by atoms with Gasteiger partial charge in [-0.2, -0.15) is 0 Å².